The number of benzene rings is 2. The van der Waals surface area contributed by atoms with Gasteiger partial charge in [-0.3, -0.25) is 0 Å². The molecule has 2 aromatic carbocycles. The minimum atomic E-state index is -0.140. The number of phenolic OH excluding ortho intramolecular Hbond substituents is 2. The summed E-state index contributed by atoms with van der Waals surface area (Å²) in [5.74, 6) is -0.281. The first-order valence-electron chi connectivity index (χ1n) is 5.09. The molecule has 0 atom stereocenters. The van der Waals surface area contributed by atoms with E-state index in [9.17, 15) is 10.2 Å². The maximum absolute atomic E-state index is 9.48. The third kappa shape index (κ3) is 3.75. The van der Waals surface area contributed by atoms with E-state index in [0.29, 0.717) is 0 Å². The second kappa shape index (κ2) is 6.77. The molecule has 0 unspecified atom stereocenters. The van der Waals surface area contributed by atoms with Gasteiger partial charge in [-0.05, 0) is 24.3 Å². The Morgan fingerprint density at radius 2 is 0.850 bits per heavy atom. The number of phenols is 2. The van der Waals surface area contributed by atoms with Crippen LogP contribution in [0.25, 0.3) is 0 Å². The molecule has 0 amide bonds. The fraction of sp³-hybridized carbons (Fsp3) is 0. The van der Waals surface area contributed by atoms with Crippen LogP contribution >= 0.6 is 68.0 Å². The maximum Gasteiger partial charge on any atom is 0.152 e. The Morgan fingerprint density at radius 3 is 1.10 bits per heavy atom. The Labute approximate surface area is 143 Å². The summed E-state index contributed by atoms with van der Waals surface area (Å²) in [6.45, 7) is 0. The predicted molar refractivity (Wildman–Crippen MR) is 88.0 cm³/mol. The second-order valence-corrected chi connectivity index (χ2v) is 7.54. The van der Waals surface area contributed by atoms with Gasteiger partial charge in [0.15, 0.2) is 11.5 Å². The quantitative estimate of drug-likeness (QED) is 0.588. The van der Waals surface area contributed by atoms with Gasteiger partial charge in [0.05, 0.1) is 20.1 Å². The van der Waals surface area contributed by atoms with E-state index in [1.807, 2.05) is 0 Å². The van der Waals surface area contributed by atoms with Crippen molar-refractivity contribution in [3.05, 3.63) is 44.4 Å². The van der Waals surface area contributed by atoms with Gasteiger partial charge in [-0.2, -0.15) is 0 Å². The van der Waals surface area contributed by atoms with Crippen molar-refractivity contribution in [1.29, 1.82) is 0 Å². The molecule has 8 heteroatoms. The lowest BCUT2D eigenvalue weighted by Gasteiger charge is -2.06. The van der Waals surface area contributed by atoms with E-state index in [4.69, 9.17) is 46.4 Å². The highest BCUT2D eigenvalue weighted by Crippen LogP contribution is 2.45. The minimum absolute atomic E-state index is 0.140. The first-order chi connectivity index (χ1) is 9.38. The van der Waals surface area contributed by atoms with E-state index < -0.39 is 0 Å². The molecule has 0 aliphatic carbocycles. The summed E-state index contributed by atoms with van der Waals surface area (Å²) >= 11 is 23.4. The molecular formula is C12H6Cl4O2S2. The molecule has 2 aromatic rings. The third-order valence-electron chi connectivity index (χ3n) is 2.21. The van der Waals surface area contributed by atoms with E-state index in [1.165, 1.54) is 21.6 Å². The van der Waals surface area contributed by atoms with Gasteiger partial charge in [-0.25, -0.2) is 0 Å². The van der Waals surface area contributed by atoms with Crippen LogP contribution in [-0.2, 0) is 0 Å². The summed E-state index contributed by atoms with van der Waals surface area (Å²) in [5, 5.41) is 19.7. The van der Waals surface area contributed by atoms with Gasteiger partial charge < -0.3 is 10.2 Å². The summed E-state index contributed by atoms with van der Waals surface area (Å²) in [5.41, 5.74) is 0. The molecule has 0 aliphatic rings. The fourth-order valence-corrected chi connectivity index (χ4v) is 4.52. The SMILES string of the molecule is Oc1c(Cl)cc(SSc2cc(Cl)c(O)c(Cl)c2)cc1Cl. The van der Waals surface area contributed by atoms with E-state index in [2.05, 4.69) is 0 Å². The van der Waals surface area contributed by atoms with Crippen molar-refractivity contribution >= 4 is 68.0 Å². The number of hydrogen-bond acceptors (Lipinski definition) is 4. The zero-order valence-corrected chi connectivity index (χ0v) is 14.2. The van der Waals surface area contributed by atoms with Gasteiger partial charge in [-0.1, -0.05) is 68.0 Å². The monoisotopic (exact) mass is 386 g/mol. The van der Waals surface area contributed by atoms with Gasteiger partial charge >= 0.3 is 0 Å². The van der Waals surface area contributed by atoms with Crippen molar-refractivity contribution in [2.24, 2.45) is 0 Å². The number of halogens is 4. The highest BCUT2D eigenvalue weighted by atomic mass is 35.5. The normalized spacial score (nSPS) is 10.8. The van der Waals surface area contributed by atoms with Gasteiger partial charge in [0.25, 0.3) is 0 Å². The van der Waals surface area contributed by atoms with Crippen LogP contribution in [0, 0.1) is 0 Å². The standard InChI is InChI=1S/C12H6Cl4O2S2/c13-7-1-5(2-8(14)11(7)17)19-20-6-3-9(15)12(18)10(16)4-6/h1-4,17-18H. The molecular weight excluding hydrogens is 382 g/mol. The smallest absolute Gasteiger partial charge is 0.152 e. The van der Waals surface area contributed by atoms with Crippen LogP contribution in [-0.4, -0.2) is 10.2 Å². The Balaban J connectivity index is 2.17. The molecule has 0 spiro atoms. The van der Waals surface area contributed by atoms with Gasteiger partial charge in [0.2, 0.25) is 0 Å². The molecule has 106 valence electrons. The molecule has 2 nitrogen and oxygen atoms in total. The van der Waals surface area contributed by atoms with Crippen LogP contribution in [0.15, 0.2) is 34.1 Å². The molecule has 2 rings (SSSR count). The van der Waals surface area contributed by atoms with E-state index in [-0.39, 0.29) is 31.6 Å². The van der Waals surface area contributed by atoms with Crippen LogP contribution in [0.5, 0.6) is 11.5 Å². The highest BCUT2D eigenvalue weighted by molar-refractivity contribution is 8.76. The first kappa shape index (κ1) is 16.3. The molecule has 20 heavy (non-hydrogen) atoms. The summed E-state index contributed by atoms with van der Waals surface area (Å²) in [6, 6.07) is 6.41. The third-order valence-corrected chi connectivity index (χ3v) is 5.71. The lowest BCUT2D eigenvalue weighted by molar-refractivity contribution is 0.475. The summed E-state index contributed by atoms with van der Waals surface area (Å²) < 4.78 is 0. The van der Waals surface area contributed by atoms with Crippen LogP contribution in [0.2, 0.25) is 20.1 Å². The van der Waals surface area contributed by atoms with Gasteiger partial charge in [-0.15, -0.1) is 0 Å². The predicted octanol–water partition coefficient (Wildman–Crippen LogP) is 6.51. The molecule has 0 saturated heterocycles. The fourth-order valence-electron chi connectivity index (χ4n) is 1.28. The largest absolute Gasteiger partial charge is 0.505 e. The van der Waals surface area contributed by atoms with Crippen LogP contribution < -0.4 is 0 Å². The molecule has 2 N–H and O–H groups in total. The van der Waals surface area contributed by atoms with E-state index in [0.717, 1.165) is 9.79 Å². The minimum Gasteiger partial charge on any atom is -0.505 e. The molecule has 0 fully saturated rings. The van der Waals surface area contributed by atoms with Crippen molar-refractivity contribution in [3.8, 4) is 11.5 Å². The van der Waals surface area contributed by atoms with Crippen molar-refractivity contribution in [3.63, 3.8) is 0 Å². The molecule has 0 heterocycles. The molecule has 0 bridgehead atoms. The number of rotatable bonds is 3. The Bertz CT molecular complexity index is 560. The van der Waals surface area contributed by atoms with Crippen LogP contribution in [0.3, 0.4) is 0 Å². The van der Waals surface area contributed by atoms with Crippen LogP contribution in [0.4, 0.5) is 0 Å². The molecule has 0 radical (unpaired) electrons. The Hall–Kier alpha value is -0.100. The zero-order chi connectivity index (χ0) is 14.9. The number of hydrogen-bond donors (Lipinski definition) is 2. The highest BCUT2D eigenvalue weighted by Gasteiger charge is 2.10. The lowest BCUT2D eigenvalue weighted by atomic mass is 10.3. The molecule has 0 aliphatic heterocycles. The Morgan fingerprint density at radius 1 is 0.600 bits per heavy atom. The maximum atomic E-state index is 9.48. The van der Waals surface area contributed by atoms with Crippen molar-refractivity contribution in [2.75, 3.05) is 0 Å². The summed E-state index contributed by atoms with van der Waals surface area (Å²) in [7, 11) is 2.74. The van der Waals surface area contributed by atoms with Crippen molar-refractivity contribution in [1.82, 2.24) is 0 Å². The average Bonchev–Trinajstić information content (AvgIpc) is 2.39. The first-order valence-corrected chi connectivity index (χ1v) is 8.75. The zero-order valence-electron chi connectivity index (χ0n) is 9.53. The lowest BCUT2D eigenvalue weighted by Crippen LogP contribution is -1.76. The molecule has 0 aromatic heterocycles. The topological polar surface area (TPSA) is 40.5 Å². The van der Waals surface area contributed by atoms with Gasteiger partial charge in [0.1, 0.15) is 0 Å². The summed E-state index contributed by atoms with van der Waals surface area (Å²) in [4.78, 5) is 1.53. The van der Waals surface area contributed by atoms with Crippen molar-refractivity contribution in [2.45, 2.75) is 9.79 Å². The van der Waals surface area contributed by atoms with Crippen molar-refractivity contribution < 1.29 is 10.2 Å². The van der Waals surface area contributed by atoms with E-state index in [1.54, 1.807) is 24.3 Å². The molecule has 0 saturated carbocycles. The van der Waals surface area contributed by atoms with Gasteiger partial charge in [0, 0.05) is 9.79 Å². The number of aromatic hydroxyl groups is 2. The Kier molecular flexibility index (Phi) is 5.51. The second-order valence-electron chi connectivity index (χ2n) is 3.64. The van der Waals surface area contributed by atoms with Crippen LogP contribution in [0.1, 0.15) is 0 Å². The van der Waals surface area contributed by atoms with E-state index >= 15 is 0 Å². The summed E-state index contributed by atoms with van der Waals surface area (Å²) in [6.07, 6.45) is 0. The average molecular weight is 388 g/mol.